The molecule has 0 spiro atoms. The minimum atomic E-state index is -0.487. The van der Waals surface area contributed by atoms with Crippen molar-refractivity contribution in [3.8, 4) is 0 Å². The van der Waals surface area contributed by atoms with Crippen LogP contribution in [0.1, 0.15) is 26.2 Å². The average Bonchev–Trinajstić information content (AvgIpc) is 2.96. The predicted molar refractivity (Wildman–Crippen MR) is 63.5 cm³/mol. The number of hydrogen-bond donors (Lipinski definition) is 1. The summed E-state index contributed by atoms with van der Waals surface area (Å²) in [5.41, 5.74) is 0.229. The lowest BCUT2D eigenvalue weighted by Gasteiger charge is -2.06. The first-order chi connectivity index (χ1) is 8.11. The molecule has 0 bridgehead atoms. The van der Waals surface area contributed by atoms with Crippen LogP contribution in [0.5, 0.6) is 0 Å². The predicted octanol–water partition coefficient (Wildman–Crippen LogP) is 3.33. The van der Waals surface area contributed by atoms with Crippen molar-refractivity contribution < 1.29 is 9.31 Å². The minimum absolute atomic E-state index is 0.0615. The van der Waals surface area contributed by atoms with Crippen LogP contribution in [0.25, 0.3) is 0 Å². The summed E-state index contributed by atoms with van der Waals surface area (Å²) in [4.78, 5) is 10.3. The van der Waals surface area contributed by atoms with Gasteiger partial charge in [-0.2, -0.15) is 0 Å². The highest BCUT2D eigenvalue weighted by Crippen LogP contribution is 2.39. The third kappa shape index (κ3) is 2.72. The normalized spacial score (nSPS) is 22.2. The summed E-state index contributed by atoms with van der Waals surface area (Å²) in [6.07, 6.45) is 3.23. The molecule has 0 amide bonds. The van der Waals surface area contributed by atoms with Crippen LogP contribution in [0.3, 0.4) is 0 Å². The summed E-state index contributed by atoms with van der Waals surface area (Å²) in [6.45, 7) is 2.11. The highest BCUT2D eigenvalue weighted by atomic mass is 19.1. The highest BCUT2D eigenvalue weighted by Gasteiger charge is 2.37. The molecule has 0 heterocycles. The average molecular weight is 238 g/mol. The Morgan fingerprint density at radius 1 is 1.59 bits per heavy atom. The lowest BCUT2D eigenvalue weighted by Crippen LogP contribution is -2.07. The third-order valence-corrected chi connectivity index (χ3v) is 3.08. The maximum Gasteiger partial charge on any atom is 0.292 e. The number of hydrogen-bond acceptors (Lipinski definition) is 3. The first-order valence-corrected chi connectivity index (χ1v) is 5.82. The Morgan fingerprint density at radius 3 is 3.00 bits per heavy atom. The largest absolute Gasteiger partial charge is 0.376 e. The van der Waals surface area contributed by atoms with Gasteiger partial charge in [0, 0.05) is 18.2 Å². The Kier molecular flexibility index (Phi) is 3.26. The van der Waals surface area contributed by atoms with Gasteiger partial charge in [0.2, 0.25) is 0 Å². The van der Waals surface area contributed by atoms with Gasteiger partial charge < -0.3 is 5.32 Å². The molecule has 0 aromatic heterocycles. The molecule has 2 rings (SSSR count). The van der Waals surface area contributed by atoms with Crippen molar-refractivity contribution in [2.24, 2.45) is 5.92 Å². The van der Waals surface area contributed by atoms with Gasteiger partial charge in [0.25, 0.3) is 5.69 Å². The first-order valence-electron chi connectivity index (χ1n) is 5.82. The zero-order valence-electron chi connectivity index (χ0n) is 9.65. The third-order valence-electron chi connectivity index (χ3n) is 3.08. The fourth-order valence-corrected chi connectivity index (χ4v) is 2.10. The van der Waals surface area contributed by atoms with E-state index in [1.165, 1.54) is 12.1 Å². The van der Waals surface area contributed by atoms with Crippen molar-refractivity contribution in [1.29, 1.82) is 0 Å². The molecule has 4 nitrogen and oxygen atoms in total. The van der Waals surface area contributed by atoms with Gasteiger partial charge in [-0.05, 0) is 24.8 Å². The molecule has 0 aliphatic heterocycles. The van der Waals surface area contributed by atoms with E-state index in [0.29, 0.717) is 11.6 Å². The summed E-state index contributed by atoms with van der Waals surface area (Å²) in [5.74, 6) is 0.119. The topological polar surface area (TPSA) is 55.2 Å². The minimum Gasteiger partial charge on any atom is -0.376 e. The Labute approximate surface area is 99.0 Å². The lowest BCUT2D eigenvalue weighted by molar-refractivity contribution is -0.384. The standard InChI is InChI=1S/C12H15FN2O2/c1-2-3-8-6-10(8)14-11-7-9(13)4-5-12(11)15(16)17/h4-5,7-8,10,14H,2-3,6H2,1H3. The number of nitrogens with one attached hydrogen (secondary N) is 1. The molecule has 1 aliphatic rings. The summed E-state index contributed by atoms with van der Waals surface area (Å²) < 4.78 is 13.1. The van der Waals surface area contributed by atoms with Gasteiger partial charge >= 0.3 is 0 Å². The van der Waals surface area contributed by atoms with Crippen LogP contribution in [-0.4, -0.2) is 11.0 Å². The zero-order valence-corrected chi connectivity index (χ0v) is 9.65. The summed E-state index contributed by atoms with van der Waals surface area (Å²) in [7, 11) is 0. The van der Waals surface area contributed by atoms with Crippen LogP contribution in [0.4, 0.5) is 15.8 Å². The number of anilines is 1. The number of rotatable bonds is 5. The van der Waals surface area contributed by atoms with Crippen LogP contribution in [0.2, 0.25) is 0 Å². The smallest absolute Gasteiger partial charge is 0.292 e. The Balaban J connectivity index is 2.10. The summed E-state index contributed by atoms with van der Waals surface area (Å²) >= 11 is 0. The van der Waals surface area contributed by atoms with Crippen molar-refractivity contribution >= 4 is 11.4 Å². The van der Waals surface area contributed by atoms with E-state index in [1.54, 1.807) is 0 Å². The number of halogens is 1. The zero-order chi connectivity index (χ0) is 12.4. The number of nitrogens with zero attached hydrogens (tertiary/aromatic N) is 1. The molecule has 5 heteroatoms. The molecule has 0 saturated heterocycles. The molecule has 1 fully saturated rings. The van der Waals surface area contributed by atoms with Gasteiger partial charge in [-0.1, -0.05) is 13.3 Å². The number of nitro benzene ring substituents is 1. The quantitative estimate of drug-likeness (QED) is 0.632. The van der Waals surface area contributed by atoms with Gasteiger partial charge in [0.05, 0.1) is 4.92 Å². The SMILES string of the molecule is CCCC1CC1Nc1cc(F)ccc1[N+](=O)[O-]. The number of nitro groups is 1. The lowest BCUT2D eigenvalue weighted by atomic mass is 10.2. The van der Waals surface area contributed by atoms with E-state index in [0.717, 1.165) is 25.3 Å². The van der Waals surface area contributed by atoms with Gasteiger partial charge in [0.1, 0.15) is 11.5 Å². The van der Waals surface area contributed by atoms with Crippen molar-refractivity contribution in [2.45, 2.75) is 32.2 Å². The summed E-state index contributed by atoms with van der Waals surface area (Å²) in [5, 5.41) is 13.8. The molecule has 2 atom stereocenters. The molecule has 17 heavy (non-hydrogen) atoms. The van der Waals surface area contributed by atoms with Gasteiger partial charge in [-0.15, -0.1) is 0 Å². The van der Waals surface area contributed by atoms with Crippen molar-refractivity contribution in [2.75, 3.05) is 5.32 Å². The van der Waals surface area contributed by atoms with E-state index in [-0.39, 0.29) is 11.7 Å². The van der Waals surface area contributed by atoms with E-state index < -0.39 is 10.7 Å². The van der Waals surface area contributed by atoms with Gasteiger partial charge in [0.15, 0.2) is 0 Å². The Hall–Kier alpha value is -1.65. The molecular formula is C12H15FN2O2. The molecule has 1 saturated carbocycles. The Bertz CT molecular complexity index is 437. The molecule has 2 unspecified atom stereocenters. The van der Waals surface area contributed by atoms with E-state index in [4.69, 9.17) is 0 Å². The molecule has 1 aromatic carbocycles. The van der Waals surface area contributed by atoms with Crippen LogP contribution in [0, 0.1) is 21.8 Å². The van der Waals surface area contributed by atoms with Crippen molar-refractivity contribution in [1.82, 2.24) is 0 Å². The van der Waals surface area contributed by atoms with Crippen LogP contribution < -0.4 is 5.32 Å². The maximum absolute atomic E-state index is 13.1. The molecule has 1 aromatic rings. The van der Waals surface area contributed by atoms with Crippen LogP contribution >= 0.6 is 0 Å². The first kappa shape index (κ1) is 11.8. The molecule has 92 valence electrons. The van der Waals surface area contributed by atoms with Crippen LogP contribution in [0.15, 0.2) is 18.2 Å². The molecule has 0 radical (unpaired) electrons. The van der Waals surface area contributed by atoms with E-state index in [1.807, 2.05) is 0 Å². The van der Waals surface area contributed by atoms with Crippen molar-refractivity contribution in [3.05, 3.63) is 34.1 Å². The molecule has 1 aliphatic carbocycles. The maximum atomic E-state index is 13.1. The summed E-state index contributed by atoms with van der Waals surface area (Å²) in [6, 6.07) is 3.77. The fourth-order valence-electron chi connectivity index (χ4n) is 2.10. The second-order valence-electron chi connectivity index (χ2n) is 4.45. The van der Waals surface area contributed by atoms with E-state index >= 15 is 0 Å². The second-order valence-corrected chi connectivity index (χ2v) is 4.45. The fraction of sp³-hybridized carbons (Fsp3) is 0.500. The van der Waals surface area contributed by atoms with Crippen LogP contribution in [-0.2, 0) is 0 Å². The molecular weight excluding hydrogens is 223 g/mol. The van der Waals surface area contributed by atoms with E-state index in [9.17, 15) is 14.5 Å². The van der Waals surface area contributed by atoms with E-state index in [2.05, 4.69) is 12.2 Å². The van der Waals surface area contributed by atoms with Crippen molar-refractivity contribution in [3.63, 3.8) is 0 Å². The van der Waals surface area contributed by atoms with Gasteiger partial charge in [-0.25, -0.2) is 4.39 Å². The van der Waals surface area contributed by atoms with Gasteiger partial charge in [-0.3, -0.25) is 10.1 Å². The Morgan fingerprint density at radius 2 is 2.35 bits per heavy atom. The molecule has 1 N–H and O–H groups in total. The second kappa shape index (κ2) is 4.69. The monoisotopic (exact) mass is 238 g/mol. The highest BCUT2D eigenvalue weighted by molar-refractivity contribution is 5.62. The number of benzene rings is 1.